The van der Waals surface area contributed by atoms with Gasteiger partial charge in [-0.25, -0.2) is 0 Å². The molecule has 0 aliphatic heterocycles. The number of rotatable bonds is 1. The quantitative estimate of drug-likeness (QED) is 0.766. The van der Waals surface area contributed by atoms with Crippen molar-refractivity contribution in [3.63, 3.8) is 0 Å². The first-order chi connectivity index (χ1) is 6.62. The van der Waals surface area contributed by atoms with E-state index in [9.17, 15) is 21.6 Å². The van der Waals surface area contributed by atoms with Gasteiger partial charge in [0.25, 0.3) is 10.1 Å². The van der Waals surface area contributed by atoms with Gasteiger partial charge in [0.1, 0.15) is 0 Å². The van der Waals surface area contributed by atoms with Gasteiger partial charge < -0.3 is 0 Å². The Labute approximate surface area is 84.3 Å². The number of alkyl halides is 3. The van der Waals surface area contributed by atoms with Crippen molar-refractivity contribution in [2.45, 2.75) is 18.0 Å². The number of benzene rings is 1. The van der Waals surface area contributed by atoms with Gasteiger partial charge in [-0.05, 0) is 24.6 Å². The predicted molar refractivity (Wildman–Crippen MR) is 46.0 cm³/mol. The van der Waals surface area contributed by atoms with Crippen molar-refractivity contribution in [3.8, 4) is 0 Å². The fourth-order valence-electron chi connectivity index (χ4n) is 1.07. The maximum Gasteiger partial charge on any atom is 0.416 e. The average molecular weight is 240 g/mol. The molecule has 0 saturated carbocycles. The Hall–Kier alpha value is -1.08. The third kappa shape index (κ3) is 2.69. The molecular formula is C8H7F3O3S. The number of hydrogen-bond acceptors (Lipinski definition) is 2. The van der Waals surface area contributed by atoms with Crippen molar-refractivity contribution in [1.29, 1.82) is 0 Å². The molecule has 7 heteroatoms. The highest BCUT2D eigenvalue weighted by Crippen LogP contribution is 2.33. The van der Waals surface area contributed by atoms with Crippen molar-refractivity contribution in [3.05, 3.63) is 29.3 Å². The zero-order valence-corrected chi connectivity index (χ0v) is 8.35. The lowest BCUT2D eigenvalue weighted by Gasteiger charge is -2.10. The van der Waals surface area contributed by atoms with Gasteiger partial charge in [-0.1, -0.05) is 6.07 Å². The van der Waals surface area contributed by atoms with Gasteiger partial charge in [-0.15, -0.1) is 0 Å². The van der Waals surface area contributed by atoms with Crippen LogP contribution in [0.5, 0.6) is 0 Å². The molecule has 0 fully saturated rings. The molecule has 0 unspecified atom stereocenters. The SMILES string of the molecule is Cc1ccc(S(=O)(=O)O)cc1C(F)(F)F. The van der Waals surface area contributed by atoms with Crippen LogP contribution >= 0.6 is 0 Å². The van der Waals surface area contributed by atoms with Crippen LogP contribution in [-0.2, 0) is 16.3 Å². The highest BCUT2D eigenvalue weighted by Gasteiger charge is 2.33. The van der Waals surface area contributed by atoms with Crippen LogP contribution in [0.2, 0.25) is 0 Å². The minimum absolute atomic E-state index is 0.102. The molecule has 0 aliphatic rings. The first-order valence-corrected chi connectivity index (χ1v) is 5.22. The van der Waals surface area contributed by atoms with E-state index >= 15 is 0 Å². The third-order valence-corrected chi connectivity index (χ3v) is 2.66. The largest absolute Gasteiger partial charge is 0.416 e. The second kappa shape index (κ2) is 3.49. The number of halogens is 3. The Balaban J connectivity index is 3.43. The average Bonchev–Trinajstić information content (AvgIpc) is 2.00. The van der Waals surface area contributed by atoms with Crippen molar-refractivity contribution in [2.24, 2.45) is 0 Å². The van der Waals surface area contributed by atoms with E-state index in [2.05, 4.69) is 0 Å². The maximum atomic E-state index is 12.3. The molecule has 0 radical (unpaired) electrons. The van der Waals surface area contributed by atoms with Crippen LogP contribution in [-0.4, -0.2) is 13.0 Å². The molecule has 0 heterocycles. The molecule has 0 aliphatic carbocycles. The summed E-state index contributed by atoms with van der Waals surface area (Å²) < 4.78 is 66.8. The van der Waals surface area contributed by atoms with Crippen LogP contribution in [0.4, 0.5) is 13.2 Å². The molecule has 1 aromatic rings. The van der Waals surface area contributed by atoms with Crippen molar-refractivity contribution in [1.82, 2.24) is 0 Å². The standard InChI is InChI=1S/C8H7F3O3S/c1-5-2-3-6(15(12,13)14)4-7(5)8(9,10)11/h2-4H,1H3,(H,12,13,14). The topological polar surface area (TPSA) is 54.4 Å². The number of aryl methyl sites for hydroxylation is 1. The van der Waals surface area contributed by atoms with E-state index in [0.29, 0.717) is 6.07 Å². The van der Waals surface area contributed by atoms with Gasteiger partial charge in [0.2, 0.25) is 0 Å². The highest BCUT2D eigenvalue weighted by atomic mass is 32.2. The highest BCUT2D eigenvalue weighted by molar-refractivity contribution is 7.85. The van der Waals surface area contributed by atoms with Crippen LogP contribution in [0.25, 0.3) is 0 Å². The molecule has 1 N–H and O–H groups in total. The zero-order valence-electron chi connectivity index (χ0n) is 7.54. The smallest absolute Gasteiger partial charge is 0.282 e. The van der Waals surface area contributed by atoms with E-state index in [1.807, 2.05) is 0 Å². The maximum absolute atomic E-state index is 12.3. The van der Waals surface area contributed by atoms with Crippen molar-refractivity contribution < 1.29 is 26.1 Å². The fraction of sp³-hybridized carbons (Fsp3) is 0.250. The molecule has 0 atom stereocenters. The number of hydrogen-bond donors (Lipinski definition) is 1. The molecule has 0 spiro atoms. The van der Waals surface area contributed by atoms with Crippen LogP contribution in [0.15, 0.2) is 23.1 Å². The molecule has 0 bridgehead atoms. The van der Waals surface area contributed by atoms with Gasteiger partial charge in [0, 0.05) is 0 Å². The van der Waals surface area contributed by atoms with Crippen molar-refractivity contribution >= 4 is 10.1 Å². The summed E-state index contributed by atoms with van der Waals surface area (Å²) in [7, 11) is -4.60. The molecule has 1 aromatic carbocycles. The van der Waals surface area contributed by atoms with Crippen LogP contribution in [0.3, 0.4) is 0 Å². The molecule has 1 rings (SSSR count). The molecule has 3 nitrogen and oxygen atoms in total. The van der Waals surface area contributed by atoms with Crippen molar-refractivity contribution in [2.75, 3.05) is 0 Å². The Morgan fingerprint density at radius 1 is 1.27 bits per heavy atom. The van der Waals surface area contributed by atoms with Gasteiger partial charge in [0.15, 0.2) is 0 Å². The molecule has 15 heavy (non-hydrogen) atoms. The molecule has 0 amide bonds. The summed E-state index contributed by atoms with van der Waals surface area (Å²) in [6.45, 7) is 1.20. The van der Waals surface area contributed by atoms with E-state index in [0.717, 1.165) is 12.1 Å². The minimum Gasteiger partial charge on any atom is -0.282 e. The first-order valence-electron chi connectivity index (χ1n) is 3.78. The lowest BCUT2D eigenvalue weighted by Crippen LogP contribution is -2.09. The zero-order chi connectivity index (χ0) is 11.9. The van der Waals surface area contributed by atoms with Gasteiger partial charge >= 0.3 is 6.18 Å². The van der Waals surface area contributed by atoms with E-state index in [1.54, 1.807) is 0 Å². The summed E-state index contributed by atoms with van der Waals surface area (Å²) in [5, 5.41) is 0. The van der Waals surface area contributed by atoms with Crippen LogP contribution < -0.4 is 0 Å². The first kappa shape index (κ1) is 12.0. The summed E-state index contributed by atoms with van der Waals surface area (Å²) in [6.07, 6.45) is -4.63. The molecule has 0 saturated heterocycles. The molecular weight excluding hydrogens is 233 g/mol. The summed E-state index contributed by atoms with van der Waals surface area (Å²) in [4.78, 5) is -0.763. The van der Waals surface area contributed by atoms with Gasteiger partial charge in [0.05, 0.1) is 10.5 Å². The fourth-order valence-corrected chi connectivity index (χ4v) is 1.57. The second-order valence-corrected chi connectivity index (χ2v) is 4.37. The molecule has 84 valence electrons. The summed E-state index contributed by atoms with van der Waals surface area (Å²) in [5.41, 5.74) is -1.17. The monoisotopic (exact) mass is 240 g/mol. The van der Waals surface area contributed by atoms with E-state index < -0.39 is 26.8 Å². The van der Waals surface area contributed by atoms with E-state index in [4.69, 9.17) is 4.55 Å². The minimum atomic E-state index is -4.63. The Morgan fingerprint density at radius 2 is 1.80 bits per heavy atom. The summed E-state index contributed by atoms with van der Waals surface area (Å²) in [6, 6.07) is 2.32. The summed E-state index contributed by atoms with van der Waals surface area (Å²) in [5.74, 6) is 0. The van der Waals surface area contributed by atoms with Gasteiger partial charge in [-0.2, -0.15) is 21.6 Å². The second-order valence-electron chi connectivity index (χ2n) is 2.95. The Bertz CT molecular complexity index is 476. The van der Waals surface area contributed by atoms with Crippen LogP contribution in [0, 0.1) is 6.92 Å². The third-order valence-electron chi connectivity index (χ3n) is 1.81. The van der Waals surface area contributed by atoms with E-state index in [1.165, 1.54) is 6.92 Å². The normalized spacial score (nSPS) is 12.9. The van der Waals surface area contributed by atoms with Crippen LogP contribution in [0.1, 0.15) is 11.1 Å². The molecule has 0 aromatic heterocycles. The lowest BCUT2D eigenvalue weighted by molar-refractivity contribution is -0.138. The predicted octanol–water partition coefficient (Wildman–Crippen LogP) is 2.26. The Kier molecular flexibility index (Phi) is 2.79. The Morgan fingerprint density at radius 3 is 2.20 bits per heavy atom. The summed E-state index contributed by atoms with van der Waals surface area (Å²) >= 11 is 0. The van der Waals surface area contributed by atoms with Gasteiger partial charge in [-0.3, -0.25) is 4.55 Å². The van der Waals surface area contributed by atoms with E-state index in [-0.39, 0.29) is 5.56 Å². The lowest BCUT2D eigenvalue weighted by atomic mass is 10.1.